The number of allylic oxidation sites excluding steroid dienone is 6. The van der Waals surface area contributed by atoms with Crippen LogP contribution < -0.4 is 0 Å². The van der Waals surface area contributed by atoms with E-state index in [0.29, 0.717) is 12.0 Å². The second-order valence-electron chi connectivity index (χ2n) is 10.3. The summed E-state index contributed by atoms with van der Waals surface area (Å²) in [6.07, 6.45) is 13.3. The summed E-state index contributed by atoms with van der Waals surface area (Å²) in [5.74, 6) is -0.444. The monoisotopic (exact) mass is 506 g/mol. The summed E-state index contributed by atoms with van der Waals surface area (Å²) < 4.78 is 41.2. The Balaban J connectivity index is 1.54. The van der Waals surface area contributed by atoms with E-state index in [1.54, 1.807) is 31.2 Å². The van der Waals surface area contributed by atoms with Gasteiger partial charge in [0.15, 0.2) is 9.84 Å². The van der Waals surface area contributed by atoms with Gasteiger partial charge in [0, 0.05) is 10.3 Å². The van der Waals surface area contributed by atoms with Gasteiger partial charge in [-0.15, -0.1) is 0 Å². The minimum Gasteiger partial charge on any atom is -0.388 e. The molecule has 0 radical (unpaired) electrons. The fourth-order valence-electron chi connectivity index (χ4n) is 5.83. The highest BCUT2D eigenvalue weighted by atomic mass is 32.2. The average molecular weight is 507 g/mol. The Morgan fingerprint density at radius 2 is 1.89 bits per heavy atom. The number of aliphatic hydroxyl groups excluding tert-OH is 1. The number of benzene rings is 1. The Labute approximate surface area is 212 Å². The molecule has 2 aromatic rings. The third-order valence-electron chi connectivity index (χ3n) is 8.01. The van der Waals surface area contributed by atoms with Crippen molar-refractivity contribution in [3.05, 3.63) is 98.9 Å². The van der Waals surface area contributed by atoms with Crippen molar-refractivity contribution < 1.29 is 17.9 Å². The Hall–Kier alpha value is -3.03. The van der Waals surface area contributed by atoms with E-state index in [-0.39, 0.29) is 22.1 Å². The molecule has 1 fully saturated rings. The number of halogens is 1. The van der Waals surface area contributed by atoms with Crippen molar-refractivity contribution in [2.45, 2.75) is 52.6 Å². The number of fused-ring (bicyclic) bond motifs is 2. The van der Waals surface area contributed by atoms with Crippen molar-refractivity contribution in [2.24, 2.45) is 11.3 Å². The summed E-state index contributed by atoms with van der Waals surface area (Å²) in [6, 6.07) is 6.29. The van der Waals surface area contributed by atoms with Gasteiger partial charge in [0.1, 0.15) is 5.82 Å². The maximum absolute atomic E-state index is 13.5. The highest BCUT2D eigenvalue weighted by Gasteiger charge is 2.47. The van der Waals surface area contributed by atoms with Gasteiger partial charge >= 0.3 is 0 Å². The second-order valence-corrected chi connectivity index (χ2v) is 12.3. The Morgan fingerprint density at radius 3 is 2.64 bits per heavy atom. The van der Waals surface area contributed by atoms with E-state index in [1.807, 2.05) is 30.0 Å². The maximum Gasteiger partial charge on any atom is 0.196 e. The van der Waals surface area contributed by atoms with Crippen molar-refractivity contribution in [3.63, 3.8) is 0 Å². The molecule has 5 nitrogen and oxygen atoms in total. The highest BCUT2D eigenvalue weighted by Crippen LogP contribution is 2.53. The van der Waals surface area contributed by atoms with Crippen molar-refractivity contribution in [3.8, 4) is 5.69 Å². The third kappa shape index (κ3) is 4.24. The Bertz CT molecular complexity index is 1460. The molecular formula is C29H31FN2O3S. The summed E-state index contributed by atoms with van der Waals surface area (Å²) in [5, 5.41) is 17.6. The molecule has 3 aliphatic rings. The molecule has 0 bridgehead atoms. The fourth-order valence-corrected chi connectivity index (χ4v) is 6.94. The average Bonchev–Trinajstić information content (AvgIpc) is 3.25. The normalized spacial score (nSPS) is 31.4. The van der Waals surface area contributed by atoms with Crippen molar-refractivity contribution in [1.82, 2.24) is 9.78 Å². The zero-order chi connectivity index (χ0) is 25.7. The summed E-state index contributed by atoms with van der Waals surface area (Å²) >= 11 is 0. The van der Waals surface area contributed by atoms with Crippen LogP contribution in [0.2, 0.25) is 0 Å². The summed E-state index contributed by atoms with van der Waals surface area (Å²) in [7, 11) is -3.65. The van der Waals surface area contributed by atoms with Gasteiger partial charge in [0.05, 0.1) is 23.7 Å². The molecule has 36 heavy (non-hydrogen) atoms. The van der Waals surface area contributed by atoms with Crippen LogP contribution in [0.5, 0.6) is 0 Å². The number of rotatable bonds is 3. The lowest BCUT2D eigenvalue weighted by atomic mass is 9.57. The molecule has 0 amide bonds. The molecule has 5 rings (SSSR count). The summed E-state index contributed by atoms with van der Waals surface area (Å²) in [6.45, 7) is 5.60. The molecule has 0 saturated heterocycles. The largest absolute Gasteiger partial charge is 0.388 e. The quantitative estimate of drug-likeness (QED) is 0.568. The van der Waals surface area contributed by atoms with Crippen molar-refractivity contribution in [2.75, 3.05) is 0 Å². The molecule has 1 saturated carbocycles. The molecule has 7 heteroatoms. The van der Waals surface area contributed by atoms with Gasteiger partial charge in [-0.05, 0) is 104 Å². The molecule has 0 spiro atoms. The lowest BCUT2D eigenvalue weighted by molar-refractivity contribution is 0.0473. The SMILES string of the molecule is CC1=C\C=C/C=C(\C)S(=O)(=O)/C=C\1C(O)C1CCCC2=Cc3c(cnn3-c3ccc(F)cc3)CC21C. The van der Waals surface area contributed by atoms with Crippen LogP contribution in [0.3, 0.4) is 0 Å². The number of sulfone groups is 1. The van der Waals surface area contributed by atoms with Crippen LogP contribution >= 0.6 is 0 Å². The van der Waals surface area contributed by atoms with Gasteiger partial charge < -0.3 is 5.11 Å². The van der Waals surface area contributed by atoms with Crippen LogP contribution in [-0.2, 0) is 16.3 Å². The van der Waals surface area contributed by atoms with Crippen LogP contribution in [0.4, 0.5) is 4.39 Å². The topological polar surface area (TPSA) is 72.2 Å². The van der Waals surface area contributed by atoms with E-state index in [9.17, 15) is 17.9 Å². The number of aromatic nitrogens is 2. The minimum absolute atomic E-state index is 0.154. The molecule has 1 aromatic carbocycles. The Morgan fingerprint density at radius 1 is 1.17 bits per heavy atom. The van der Waals surface area contributed by atoms with E-state index in [4.69, 9.17) is 0 Å². The van der Waals surface area contributed by atoms with E-state index in [1.165, 1.54) is 23.1 Å². The minimum atomic E-state index is -3.65. The predicted molar refractivity (Wildman–Crippen MR) is 140 cm³/mol. The first-order valence-corrected chi connectivity index (χ1v) is 13.9. The lowest BCUT2D eigenvalue weighted by Crippen LogP contribution is -2.44. The van der Waals surface area contributed by atoms with Gasteiger partial charge in [-0.1, -0.05) is 30.7 Å². The van der Waals surface area contributed by atoms with Gasteiger partial charge in [-0.3, -0.25) is 0 Å². The van der Waals surface area contributed by atoms with Gasteiger partial charge in [0.2, 0.25) is 0 Å². The molecule has 1 aromatic heterocycles. The first kappa shape index (κ1) is 24.7. The molecule has 2 heterocycles. The van der Waals surface area contributed by atoms with Gasteiger partial charge in [-0.2, -0.15) is 5.10 Å². The standard InChI is InChI=1S/C29H31FN2O3S/c1-19-7-4-5-8-20(2)36(34,35)18-25(19)28(33)26-10-6-9-22-15-27-21(16-29(22,26)3)17-31-32(27)24-13-11-23(30)12-14-24/h4-5,7-8,11-15,17-18,26,28,33H,6,9-10,16H2,1-3H3/b5-4-,19-7+,20-8+,25-18+. The van der Waals surface area contributed by atoms with E-state index in [2.05, 4.69) is 18.1 Å². The van der Waals surface area contributed by atoms with Crippen LogP contribution in [-0.4, -0.2) is 29.4 Å². The summed E-state index contributed by atoms with van der Waals surface area (Å²) in [5.41, 5.74) is 4.93. The summed E-state index contributed by atoms with van der Waals surface area (Å²) in [4.78, 5) is 0.248. The van der Waals surface area contributed by atoms with Crippen molar-refractivity contribution in [1.29, 1.82) is 0 Å². The Kier molecular flexibility index (Phi) is 6.25. The number of nitrogens with zero attached hydrogens (tertiary/aromatic N) is 2. The number of hydrogen-bond acceptors (Lipinski definition) is 4. The number of hydrogen-bond donors (Lipinski definition) is 1. The molecule has 2 aliphatic carbocycles. The van der Waals surface area contributed by atoms with Gasteiger partial charge in [0.25, 0.3) is 0 Å². The van der Waals surface area contributed by atoms with Crippen LogP contribution in [0.1, 0.15) is 51.3 Å². The van der Waals surface area contributed by atoms with Crippen LogP contribution in [0.15, 0.2) is 81.8 Å². The van der Waals surface area contributed by atoms with E-state index >= 15 is 0 Å². The predicted octanol–water partition coefficient (Wildman–Crippen LogP) is 5.84. The molecule has 3 atom stereocenters. The van der Waals surface area contributed by atoms with Gasteiger partial charge in [-0.25, -0.2) is 17.5 Å². The first-order valence-electron chi connectivity index (χ1n) is 12.3. The highest BCUT2D eigenvalue weighted by molar-refractivity contribution is 7.98. The fraction of sp³-hybridized carbons (Fsp3) is 0.345. The van der Waals surface area contributed by atoms with Crippen LogP contribution in [0.25, 0.3) is 11.8 Å². The smallest absolute Gasteiger partial charge is 0.196 e. The molecular weight excluding hydrogens is 475 g/mol. The van der Waals surface area contributed by atoms with Crippen LogP contribution in [0, 0.1) is 17.2 Å². The van der Waals surface area contributed by atoms with Crippen molar-refractivity contribution >= 4 is 15.9 Å². The third-order valence-corrected chi connectivity index (χ3v) is 9.61. The zero-order valence-corrected chi connectivity index (χ0v) is 21.6. The molecule has 1 aliphatic heterocycles. The molecule has 1 N–H and O–H groups in total. The molecule has 188 valence electrons. The van der Waals surface area contributed by atoms with E-state index < -0.39 is 15.9 Å². The number of aliphatic hydroxyl groups is 1. The van der Waals surface area contributed by atoms with E-state index in [0.717, 1.165) is 41.8 Å². The maximum atomic E-state index is 13.5. The first-order chi connectivity index (χ1) is 17.1. The lowest BCUT2D eigenvalue weighted by Gasteiger charge is -2.48. The zero-order valence-electron chi connectivity index (χ0n) is 20.8. The second kappa shape index (κ2) is 9.12. The molecule has 3 unspecified atom stereocenters.